The van der Waals surface area contributed by atoms with Crippen molar-refractivity contribution >= 4 is 0 Å². The minimum Gasteiger partial charge on any atom is -0.401 e. The lowest BCUT2D eigenvalue weighted by Gasteiger charge is -2.28. The Balaban J connectivity index is 2.17. The van der Waals surface area contributed by atoms with Gasteiger partial charge < -0.3 is 10.5 Å². The molecular formula is C20H40N2O. The van der Waals surface area contributed by atoms with Crippen molar-refractivity contribution in [3.8, 4) is 0 Å². The Morgan fingerprint density at radius 3 is 2.74 bits per heavy atom. The van der Waals surface area contributed by atoms with E-state index in [2.05, 4.69) is 39.2 Å². The molecule has 0 aliphatic carbocycles. The van der Waals surface area contributed by atoms with Crippen LogP contribution in [0.15, 0.2) is 12.3 Å². The summed E-state index contributed by atoms with van der Waals surface area (Å²) in [5, 5.41) is 0. The molecule has 1 fully saturated rings. The molecule has 0 aromatic rings. The highest BCUT2D eigenvalue weighted by atomic mass is 16.5. The molecule has 1 rings (SSSR count). The maximum Gasteiger partial charge on any atom is 0.0626 e. The third-order valence-corrected chi connectivity index (χ3v) is 5.16. The predicted octanol–water partition coefficient (Wildman–Crippen LogP) is 4.72. The lowest BCUT2D eigenvalue weighted by Crippen LogP contribution is -2.35. The molecule has 136 valence electrons. The number of hydrogen-bond donors (Lipinski definition) is 1. The van der Waals surface area contributed by atoms with Crippen LogP contribution in [0.2, 0.25) is 0 Å². The molecular weight excluding hydrogens is 284 g/mol. The molecule has 23 heavy (non-hydrogen) atoms. The van der Waals surface area contributed by atoms with Gasteiger partial charge in [-0.2, -0.15) is 0 Å². The summed E-state index contributed by atoms with van der Waals surface area (Å²) in [6.07, 6.45) is 9.92. The first-order chi connectivity index (χ1) is 10.9. The van der Waals surface area contributed by atoms with Crippen LogP contribution in [0.5, 0.6) is 0 Å². The van der Waals surface area contributed by atoms with Crippen molar-refractivity contribution in [1.29, 1.82) is 0 Å². The van der Waals surface area contributed by atoms with Crippen LogP contribution in [0.4, 0.5) is 0 Å². The zero-order chi connectivity index (χ0) is 17.3. The third kappa shape index (κ3) is 8.21. The van der Waals surface area contributed by atoms with Crippen LogP contribution in [0.25, 0.3) is 0 Å². The summed E-state index contributed by atoms with van der Waals surface area (Å²) in [6, 6.07) is 0.391. The van der Waals surface area contributed by atoms with Crippen molar-refractivity contribution in [2.45, 2.75) is 90.7 Å². The lowest BCUT2D eigenvalue weighted by atomic mass is 9.92. The van der Waals surface area contributed by atoms with E-state index in [0.29, 0.717) is 6.04 Å². The summed E-state index contributed by atoms with van der Waals surface area (Å²) < 4.78 is 6.16. The number of ether oxygens (including phenoxy) is 1. The SMILES string of the molecule is C=C(N)C1CCCN1CCCOC(C)(C)CCC(C)CCCC. The molecule has 2 unspecified atom stereocenters. The van der Waals surface area contributed by atoms with Gasteiger partial charge in [0, 0.05) is 24.9 Å². The molecule has 1 aliphatic rings. The molecule has 3 nitrogen and oxygen atoms in total. The Labute approximate surface area is 144 Å². The maximum absolute atomic E-state index is 6.16. The second-order valence-electron chi connectivity index (χ2n) is 8.02. The number of likely N-dealkylation sites (tertiary alicyclic amines) is 1. The molecule has 1 aliphatic heterocycles. The first-order valence-electron chi connectivity index (χ1n) is 9.68. The van der Waals surface area contributed by atoms with Gasteiger partial charge in [-0.15, -0.1) is 0 Å². The molecule has 0 bridgehead atoms. The maximum atomic E-state index is 6.16. The van der Waals surface area contributed by atoms with Gasteiger partial charge in [-0.25, -0.2) is 0 Å². The van der Waals surface area contributed by atoms with E-state index in [1.165, 1.54) is 32.1 Å². The van der Waals surface area contributed by atoms with Gasteiger partial charge in [0.05, 0.1) is 5.60 Å². The van der Waals surface area contributed by atoms with Crippen molar-refractivity contribution in [3.05, 3.63) is 12.3 Å². The third-order valence-electron chi connectivity index (χ3n) is 5.16. The second-order valence-corrected chi connectivity index (χ2v) is 8.02. The van der Waals surface area contributed by atoms with E-state index in [4.69, 9.17) is 10.5 Å². The van der Waals surface area contributed by atoms with E-state index >= 15 is 0 Å². The van der Waals surface area contributed by atoms with Gasteiger partial charge in [0.15, 0.2) is 0 Å². The highest BCUT2D eigenvalue weighted by Gasteiger charge is 2.25. The van der Waals surface area contributed by atoms with E-state index in [1.807, 2.05) is 0 Å². The zero-order valence-electron chi connectivity index (χ0n) is 16.1. The largest absolute Gasteiger partial charge is 0.401 e. The monoisotopic (exact) mass is 324 g/mol. The molecule has 2 atom stereocenters. The molecule has 0 radical (unpaired) electrons. The molecule has 0 saturated carbocycles. The Kier molecular flexibility index (Phi) is 9.23. The molecule has 1 saturated heterocycles. The fourth-order valence-corrected chi connectivity index (χ4v) is 3.49. The summed E-state index contributed by atoms with van der Waals surface area (Å²) in [6.45, 7) is 16.1. The van der Waals surface area contributed by atoms with E-state index in [1.54, 1.807) is 0 Å². The summed E-state index contributed by atoms with van der Waals surface area (Å²) in [7, 11) is 0. The summed E-state index contributed by atoms with van der Waals surface area (Å²) in [5.41, 5.74) is 6.72. The van der Waals surface area contributed by atoms with Gasteiger partial charge in [0.25, 0.3) is 0 Å². The summed E-state index contributed by atoms with van der Waals surface area (Å²) in [4.78, 5) is 2.46. The quantitative estimate of drug-likeness (QED) is 0.528. The average molecular weight is 325 g/mol. The van der Waals surface area contributed by atoms with Crippen molar-refractivity contribution in [2.24, 2.45) is 11.7 Å². The second kappa shape index (κ2) is 10.4. The van der Waals surface area contributed by atoms with Crippen molar-refractivity contribution in [1.82, 2.24) is 4.90 Å². The highest BCUT2D eigenvalue weighted by molar-refractivity contribution is 5.03. The van der Waals surface area contributed by atoms with Gasteiger partial charge in [-0.3, -0.25) is 4.90 Å². The van der Waals surface area contributed by atoms with E-state index in [-0.39, 0.29) is 5.60 Å². The minimum absolute atomic E-state index is 0.00233. The molecule has 0 aromatic heterocycles. The van der Waals surface area contributed by atoms with E-state index in [9.17, 15) is 0 Å². The van der Waals surface area contributed by atoms with Crippen molar-refractivity contribution < 1.29 is 4.74 Å². The Bertz CT molecular complexity index is 341. The van der Waals surface area contributed by atoms with Crippen LogP contribution in [0.3, 0.4) is 0 Å². The predicted molar refractivity (Wildman–Crippen MR) is 100 cm³/mol. The zero-order valence-corrected chi connectivity index (χ0v) is 16.1. The van der Waals surface area contributed by atoms with Crippen molar-refractivity contribution in [2.75, 3.05) is 19.7 Å². The fourth-order valence-electron chi connectivity index (χ4n) is 3.49. The highest BCUT2D eigenvalue weighted by Crippen LogP contribution is 2.24. The topological polar surface area (TPSA) is 38.5 Å². The number of unbranched alkanes of at least 4 members (excludes halogenated alkanes) is 1. The van der Waals surface area contributed by atoms with Gasteiger partial charge in [-0.05, 0) is 58.4 Å². The fraction of sp³-hybridized carbons (Fsp3) is 0.900. The van der Waals surface area contributed by atoms with Gasteiger partial charge in [0.2, 0.25) is 0 Å². The molecule has 3 heteroatoms. The van der Waals surface area contributed by atoms with Crippen LogP contribution in [0.1, 0.15) is 79.1 Å². The first kappa shape index (κ1) is 20.5. The number of nitrogens with zero attached hydrogens (tertiary/aromatic N) is 1. The van der Waals surface area contributed by atoms with Crippen LogP contribution < -0.4 is 5.73 Å². The van der Waals surface area contributed by atoms with Crippen molar-refractivity contribution in [3.63, 3.8) is 0 Å². The molecule has 1 heterocycles. The van der Waals surface area contributed by atoms with Gasteiger partial charge >= 0.3 is 0 Å². The Morgan fingerprint density at radius 2 is 2.09 bits per heavy atom. The number of hydrogen-bond acceptors (Lipinski definition) is 3. The average Bonchev–Trinajstić information content (AvgIpc) is 2.96. The van der Waals surface area contributed by atoms with Crippen LogP contribution in [0, 0.1) is 5.92 Å². The number of nitrogens with two attached hydrogens (primary N) is 1. The van der Waals surface area contributed by atoms with Crippen LogP contribution in [-0.4, -0.2) is 36.2 Å². The van der Waals surface area contributed by atoms with Crippen LogP contribution >= 0.6 is 0 Å². The molecule has 2 N–H and O–H groups in total. The molecule has 0 amide bonds. The van der Waals surface area contributed by atoms with E-state index in [0.717, 1.165) is 50.6 Å². The van der Waals surface area contributed by atoms with Crippen LogP contribution in [-0.2, 0) is 4.74 Å². The normalized spacial score (nSPS) is 20.8. The smallest absolute Gasteiger partial charge is 0.0626 e. The Hall–Kier alpha value is -0.540. The standard InChI is InChI=1S/C20H40N2O/c1-6-7-10-17(2)12-13-20(4,5)23-16-9-15-22-14-8-11-19(22)18(3)21/h17,19H,3,6-16,21H2,1-2,4-5H3. The minimum atomic E-state index is 0.00233. The first-order valence-corrected chi connectivity index (χ1v) is 9.68. The van der Waals surface area contributed by atoms with Gasteiger partial charge in [-0.1, -0.05) is 39.7 Å². The molecule has 0 aromatic carbocycles. The Morgan fingerprint density at radius 1 is 1.35 bits per heavy atom. The lowest BCUT2D eigenvalue weighted by molar-refractivity contribution is -0.0304. The summed E-state index contributed by atoms with van der Waals surface area (Å²) >= 11 is 0. The summed E-state index contributed by atoms with van der Waals surface area (Å²) in [5.74, 6) is 0.818. The molecule has 0 spiro atoms. The van der Waals surface area contributed by atoms with Gasteiger partial charge in [0.1, 0.15) is 0 Å². The number of rotatable bonds is 12. The van der Waals surface area contributed by atoms with E-state index < -0.39 is 0 Å².